The van der Waals surface area contributed by atoms with Gasteiger partial charge in [0.05, 0.1) is 24.1 Å². The zero-order chi connectivity index (χ0) is 16.0. The maximum atomic E-state index is 13.7. The minimum absolute atomic E-state index is 0.0224. The first-order chi connectivity index (χ1) is 9.74. The van der Waals surface area contributed by atoms with E-state index in [2.05, 4.69) is 10.0 Å². The number of carbonyl (C=O) groups is 1. The van der Waals surface area contributed by atoms with Crippen molar-refractivity contribution in [2.24, 2.45) is 0 Å². The second-order valence-corrected chi connectivity index (χ2v) is 6.07. The van der Waals surface area contributed by atoms with Crippen LogP contribution in [0.2, 0.25) is 0 Å². The van der Waals surface area contributed by atoms with E-state index in [1.54, 1.807) is 6.92 Å². The number of sulfonamides is 1. The van der Waals surface area contributed by atoms with Crippen molar-refractivity contribution < 1.29 is 22.3 Å². The molecule has 0 fully saturated rings. The summed E-state index contributed by atoms with van der Waals surface area (Å²) in [5, 5.41) is 2.68. The third kappa shape index (κ3) is 5.56. The summed E-state index contributed by atoms with van der Waals surface area (Å²) in [6.45, 7) is 2.05. The Kier molecular flexibility index (Phi) is 5.91. The van der Waals surface area contributed by atoms with Crippen molar-refractivity contribution >= 4 is 27.4 Å². The van der Waals surface area contributed by atoms with Crippen LogP contribution in [0, 0.1) is 5.82 Å². The number of rotatable bonds is 7. The van der Waals surface area contributed by atoms with Crippen LogP contribution in [0.3, 0.4) is 0 Å². The SMILES string of the molecule is CCOC(=O)c1cc(NCCNS(C)(=O)=O)c(F)cc1N. The molecule has 0 spiro atoms. The zero-order valence-corrected chi connectivity index (χ0v) is 12.6. The van der Waals surface area contributed by atoms with Gasteiger partial charge < -0.3 is 15.8 Å². The van der Waals surface area contributed by atoms with E-state index in [0.29, 0.717) is 0 Å². The Morgan fingerprint density at radius 1 is 1.38 bits per heavy atom. The number of hydrogen-bond acceptors (Lipinski definition) is 6. The van der Waals surface area contributed by atoms with Crippen molar-refractivity contribution in [3.8, 4) is 0 Å². The fourth-order valence-corrected chi connectivity index (χ4v) is 2.02. The molecule has 9 heteroatoms. The standard InChI is InChI=1S/C12H18FN3O4S/c1-3-20-12(17)8-6-11(9(13)7-10(8)14)15-4-5-16-21(2,18)19/h6-7,15-16H,3-5,14H2,1-2H3. The third-order valence-corrected chi connectivity index (χ3v) is 3.17. The molecule has 0 saturated heterocycles. The van der Waals surface area contributed by atoms with Gasteiger partial charge in [-0.1, -0.05) is 0 Å². The van der Waals surface area contributed by atoms with Crippen molar-refractivity contribution in [1.82, 2.24) is 4.72 Å². The van der Waals surface area contributed by atoms with Crippen molar-refractivity contribution in [3.63, 3.8) is 0 Å². The average molecular weight is 319 g/mol. The molecule has 0 atom stereocenters. The molecule has 0 aromatic heterocycles. The summed E-state index contributed by atoms with van der Waals surface area (Å²) < 4.78 is 42.5. The Morgan fingerprint density at radius 3 is 2.62 bits per heavy atom. The van der Waals surface area contributed by atoms with Crippen molar-refractivity contribution in [2.75, 3.05) is 37.0 Å². The lowest BCUT2D eigenvalue weighted by Gasteiger charge is -2.11. The van der Waals surface area contributed by atoms with Gasteiger partial charge in [-0.05, 0) is 19.1 Å². The maximum absolute atomic E-state index is 13.7. The number of nitrogens with one attached hydrogen (secondary N) is 2. The van der Waals surface area contributed by atoms with E-state index in [4.69, 9.17) is 10.5 Å². The Labute approximate surface area is 122 Å². The fourth-order valence-electron chi connectivity index (χ4n) is 1.54. The third-order valence-electron chi connectivity index (χ3n) is 2.44. The minimum atomic E-state index is -3.30. The van der Waals surface area contributed by atoms with Gasteiger partial charge in [0.1, 0.15) is 5.82 Å². The smallest absolute Gasteiger partial charge is 0.340 e. The molecule has 0 bridgehead atoms. The van der Waals surface area contributed by atoms with Crippen LogP contribution in [0.5, 0.6) is 0 Å². The lowest BCUT2D eigenvalue weighted by atomic mass is 10.1. The summed E-state index contributed by atoms with van der Waals surface area (Å²) in [7, 11) is -3.30. The monoisotopic (exact) mass is 319 g/mol. The van der Waals surface area contributed by atoms with Gasteiger partial charge in [-0.15, -0.1) is 0 Å². The second kappa shape index (κ2) is 7.23. The van der Waals surface area contributed by atoms with Crippen LogP contribution in [0.25, 0.3) is 0 Å². The summed E-state index contributed by atoms with van der Waals surface area (Å²) >= 11 is 0. The number of esters is 1. The van der Waals surface area contributed by atoms with Crippen LogP contribution >= 0.6 is 0 Å². The highest BCUT2D eigenvalue weighted by Gasteiger charge is 2.15. The van der Waals surface area contributed by atoms with Gasteiger partial charge in [0, 0.05) is 18.8 Å². The molecule has 118 valence electrons. The summed E-state index contributed by atoms with van der Waals surface area (Å²) in [6.07, 6.45) is 1.02. The molecule has 21 heavy (non-hydrogen) atoms. The highest BCUT2D eigenvalue weighted by Crippen LogP contribution is 2.22. The largest absolute Gasteiger partial charge is 0.462 e. The Bertz CT molecular complexity index is 619. The molecular weight excluding hydrogens is 301 g/mol. The molecule has 0 heterocycles. The van der Waals surface area contributed by atoms with Crippen molar-refractivity contribution in [1.29, 1.82) is 0 Å². The first-order valence-corrected chi connectivity index (χ1v) is 8.08. The topological polar surface area (TPSA) is 111 Å². The van der Waals surface area contributed by atoms with Crippen LogP contribution < -0.4 is 15.8 Å². The Balaban J connectivity index is 2.78. The first-order valence-electron chi connectivity index (χ1n) is 6.19. The number of carbonyl (C=O) groups excluding carboxylic acids is 1. The quantitative estimate of drug-likeness (QED) is 0.384. The molecule has 0 aliphatic heterocycles. The number of nitrogens with two attached hydrogens (primary N) is 1. The molecule has 0 amide bonds. The normalized spacial score (nSPS) is 11.2. The van der Waals surface area contributed by atoms with E-state index in [1.807, 2.05) is 0 Å². The van der Waals surface area contributed by atoms with Crippen molar-refractivity contribution in [3.05, 3.63) is 23.5 Å². The maximum Gasteiger partial charge on any atom is 0.340 e. The van der Waals surface area contributed by atoms with E-state index in [0.717, 1.165) is 12.3 Å². The van der Waals surface area contributed by atoms with Crippen LogP contribution in [0.4, 0.5) is 15.8 Å². The van der Waals surface area contributed by atoms with E-state index in [1.165, 1.54) is 6.07 Å². The number of benzene rings is 1. The molecule has 1 rings (SSSR count). The molecular formula is C12H18FN3O4S. The highest BCUT2D eigenvalue weighted by atomic mass is 32.2. The van der Waals surface area contributed by atoms with Crippen molar-refractivity contribution in [2.45, 2.75) is 6.92 Å². The average Bonchev–Trinajstić information content (AvgIpc) is 2.35. The number of anilines is 2. The fraction of sp³-hybridized carbons (Fsp3) is 0.417. The predicted molar refractivity (Wildman–Crippen MR) is 78.1 cm³/mol. The number of halogens is 1. The molecule has 0 aliphatic carbocycles. The van der Waals surface area contributed by atoms with E-state index in [-0.39, 0.29) is 36.6 Å². The lowest BCUT2D eigenvalue weighted by molar-refractivity contribution is 0.0527. The van der Waals surface area contributed by atoms with Gasteiger partial charge >= 0.3 is 5.97 Å². The van der Waals surface area contributed by atoms with Gasteiger partial charge in [-0.3, -0.25) is 0 Å². The van der Waals surface area contributed by atoms with E-state index >= 15 is 0 Å². The summed E-state index contributed by atoms with van der Waals surface area (Å²) in [4.78, 5) is 11.6. The molecule has 1 aromatic carbocycles. The molecule has 7 nitrogen and oxygen atoms in total. The van der Waals surface area contributed by atoms with E-state index < -0.39 is 21.8 Å². The summed E-state index contributed by atoms with van der Waals surface area (Å²) in [6, 6.07) is 2.25. The predicted octanol–water partition coefficient (Wildman–Crippen LogP) is 0.546. The van der Waals surface area contributed by atoms with E-state index in [9.17, 15) is 17.6 Å². The van der Waals surface area contributed by atoms with Gasteiger partial charge in [0.15, 0.2) is 0 Å². The number of ether oxygens (including phenoxy) is 1. The summed E-state index contributed by atoms with van der Waals surface area (Å²) in [5.41, 5.74) is 5.65. The zero-order valence-electron chi connectivity index (χ0n) is 11.8. The van der Waals surface area contributed by atoms with Crippen LogP contribution in [0.15, 0.2) is 12.1 Å². The van der Waals surface area contributed by atoms with Crippen LogP contribution in [-0.2, 0) is 14.8 Å². The number of hydrogen-bond donors (Lipinski definition) is 3. The lowest BCUT2D eigenvalue weighted by Crippen LogP contribution is -2.27. The Hall–Kier alpha value is -1.87. The molecule has 0 radical (unpaired) electrons. The van der Waals surface area contributed by atoms with Gasteiger partial charge in [-0.2, -0.15) is 0 Å². The van der Waals surface area contributed by atoms with Gasteiger partial charge in [0.2, 0.25) is 10.0 Å². The molecule has 0 saturated carbocycles. The highest BCUT2D eigenvalue weighted by molar-refractivity contribution is 7.88. The van der Waals surface area contributed by atoms with Gasteiger partial charge in [0.25, 0.3) is 0 Å². The molecule has 4 N–H and O–H groups in total. The minimum Gasteiger partial charge on any atom is -0.462 e. The second-order valence-electron chi connectivity index (χ2n) is 4.23. The molecule has 0 unspecified atom stereocenters. The molecule has 0 aliphatic rings. The molecule has 1 aromatic rings. The van der Waals surface area contributed by atoms with Crippen LogP contribution in [0.1, 0.15) is 17.3 Å². The summed E-state index contributed by atoms with van der Waals surface area (Å²) in [5.74, 6) is -1.28. The number of nitrogen functional groups attached to an aromatic ring is 1. The first kappa shape index (κ1) is 17.2. The van der Waals surface area contributed by atoms with Gasteiger partial charge in [-0.25, -0.2) is 22.3 Å². The Morgan fingerprint density at radius 2 is 2.05 bits per heavy atom. The van der Waals surface area contributed by atoms with Crippen LogP contribution in [-0.4, -0.2) is 40.3 Å².